The second-order valence-electron chi connectivity index (χ2n) is 3.36. The minimum absolute atomic E-state index is 0.00361. The van der Waals surface area contributed by atoms with Crippen LogP contribution in [0.1, 0.15) is 5.69 Å². The van der Waals surface area contributed by atoms with Gasteiger partial charge >= 0.3 is 5.97 Å². The second kappa shape index (κ2) is 5.83. The number of nitrogens with one attached hydrogen (secondary N) is 1. The zero-order chi connectivity index (χ0) is 13.0. The first kappa shape index (κ1) is 12.8. The summed E-state index contributed by atoms with van der Waals surface area (Å²) in [5, 5.41) is 24.2. The first-order valence-corrected chi connectivity index (χ1v) is 6.84. The zero-order valence-corrected chi connectivity index (χ0v) is 11.2. The molecule has 0 unspecified atom stereocenters. The Hall–Kier alpha value is -1.61. The van der Waals surface area contributed by atoms with E-state index in [2.05, 4.69) is 20.6 Å². The van der Waals surface area contributed by atoms with Crippen LogP contribution in [0, 0.1) is 0 Å². The predicted molar refractivity (Wildman–Crippen MR) is 68.8 cm³/mol. The largest absolute Gasteiger partial charge is 0.481 e. The van der Waals surface area contributed by atoms with Gasteiger partial charge in [-0.15, -0.1) is 10.2 Å². The van der Waals surface area contributed by atoms with Gasteiger partial charge in [0.25, 0.3) is 0 Å². The number of carboxylic acid groups (broad SMARTS) is 1. The molecule has 0 radical (unpaired) electrons. The molecule has 18 heavy (non-hydrogen) atoms. The molecule has 0 spiro atoms. The standard InChI is InChI=1S/C9H11N5O2S2/c1-14-6(2-3-11-14)4-10-8-12-13-9(18-8)17-5-7(15)16/h2-3H,4-5H2,1H3,(H,10,12)(H,15,16). The molecule has 2 rings (SSSR count). The number of anilines is 1. The average molecular weight is 285 g/mol. The fourth-order valence-corrected chi connectivity index (χ4v) is 2.67. The number of thioether (sulfide) groups is 1. The second-order valence-corrected chi connectivity index (χ2v) is 5.56. The molecule has 0 aliphatic rings. The fourth-order valence-electron chi connectivity index (χ4n) is 1.20. The molecule has 2 heterocycles. The molecule has 2 aromatic rings. The van der Waals surface area contributed by atoms with Crippen molar-refractivity contribution in [2.24, 2.45) is 7.05 Å². The van der Waals surface area contributed by atoms with E-state index < -0.39 is 5.97 Å². The van der Waals surface area contributed by atoms with Crippen molar-refractivity contribution >= 4 is 34.2 Å². The van der Waals surface area contributed by atoms with E-state index in [4.69, 9.17) is 5.11 Å². The van der Waals surface area contributed by atoms with E-state index in [-0.39, 0.29) is 5.75 Å². The molecule has 0 amide bonds. The molecule has 96 valence electrons. The molecular weight excluding hydrogens is 274 g/mol. The lowest BCUT2D eigenvalue weighted by molar-refractivity contribution is -0.133. The number of aryl methyl sites for hydroxylation is 1. The number of hydrogen-bond donors (Lipinski definition) is 2. The molecule has 0 saturated heterocycles. The van der Waals surface area contributed by atoms with Crippen LogP contribution in [0.3, 0.4) is 0 Å². The summed E-state index contributed by atoms with van der Waals surface area (Å²) in [5.74, 6) is -0.865. The quantitative estimate of drug-likeness (QED) is 0.766. The van der Waals surface area contributed by atoms with Gasteiger partial charge in [0.1, 0.15) is 0 Å². The van der Waals surface area contributed by atoms with Crippen LogP contribution >= 0.6 is 23.1 Å². The van der Waals surface area contributed by atoms with Crippen LogP contribution in [0.4, 0.5) is 5.13 Å². The lowest BCUT2D eigenvalue weighted by atomic mass is 10.4. The first-order valence-electron chi connectivity index (χ1n) is 5.04. The van der Waals surface area contributed by atoms with Crippen LogP contribution in [0.2, 0.25) is 0 Å². The Kier molecular flexibility index (Phi) is 4.15. The Bertz CT molecular complexity index is 539. The number of hydrogen-bond acceptors (Lipinski definition) is 7. The molecule has 0 saturated carbocycles. The van der Waals surface area contributed by atoms with Gasteiger partial charge in [-0.1, -0.05) is 23.1 Å². The summed E-state index contributed by atoms with van der Waals surface area (Å²) in [4.78, 5) is 10.4. The van der Waals surface area contributed by atoms with Crippen LogP contribution in [0.5, 0.6) is 0 Å². The summed E-state index contributed by atoms with van der Waals surface area (Å²) in [6.45, 7) is 0.606. The van der Waals surface area contributed by atoms with Crippen molar-refractivity contribution in [3.8, 4) is 0 Å². The molecule has 2 aromatic heterocycles. The van der Waals surface area contributed by atoms with Crippen molar-refractivity contribution in [1.82, 2.24) is 20.0 Å². The number of carbonyl (C=O) groups is 1. The van der Waals surface area contributed by atoms with Gasteiger partial charge < -0.3 is 10.4 Å². The zero-order valence-electron chi connectivity index (χ0n) is 9.53. The van der Waals surface area contributed by atoms with Crippen molar-refractivity contribution in [2.45, 2.75) is 10.9 Å². The van der Waals surface area contributed by atoms with Crippen molar-refractivity contribution in [3.63, 3.8) is 0 Å². The minimum Gasteiger partial charge on any atom is -0.481 e. The van der Waals surface area contributed by atoms with Gasteiger partial charge in [-0.2, -0.15) is 5.10 Å². The van der Waals surface area contributed by atoms with Crippen LogP contribution in [0.15, 0.2) is 16.6 Å². The van der Waals surface area contributed by atoms with E-state index in [1.54, 1.807) is 10.9 Å². The van der Waals surface area contributed by atoms with Crippen molar-refractivity contribution in [1.29, 1.82) is 0 Å². The summed E-state index contributed by atoms with van der Waals surface area (Å²) >= 11 is 2.50. The Morgan fingerprint density at radius 3 is 3.11 bits per heavy atom. The minimum atomic E-state index is -0.861. The Morgan fingerprint density at radius 2 is 2.44 bits per heavy atom. The summed E-state index contributed by atoms with van der Waals surface area (Å²) in [6.07, 6.45) is 1.73. The van der Waals surface area contributed by atoms with E-state index in [1.165, 1.54) is 11.3 Å². The molecule has 0 aliphatic heterocycles. The van der Waals surface area contributed by atoms with Gasteiger partial charge in [-0.25, -0.2) is 0 Å². The highest BCUT2D eigenvalue weighted by Gasteiger charge is 2.07. The fraction of sp³-hybridized carbons (Fsp3) is 0.333. The van der Waals surface area contributed by atoms with Crippen molar-refractivity contribution in [2.75, 3.05) is 11.1 Å². The van der Waals surface area contributed by atoms with E-state index in [1.807, 2.05) is 13.1 Å². The molecule has 9 heteroatoms. The summed E-state index contributed by atoms with van der Waals surface area (Å²) in [5.41, 5.74) is 1.03. The average Bonchev–Trinajstić information content (AvgIpc) is 2.93. The first-order chi connectivity index (χ1) is 8.65. The number of carboxylic acids is 1. The molecule has 0 aliphatic carbocycles. The number of rotatable bonds is 6. The third-order valence-electron chi connectivity index (χ3n) is 2.07. The van der Waals surface area contributed by atoms with E-state index in [9.17, 15) is 4.79 Å². The van der Waals surface area contributed by atoms with Gasteiger partial charge in [0.05, 0.1) is 18.0 Å². The van der Waals surface area contributed by atoms with Crippen LogP contribution in [-0.4, -0.2) is 36.8 Å². The SMILES string of the molecule is Cn1nccc1CNc1nnc(SCC(=O)O)s1. The number of nitrogens with zero attached hydrogens (tertiary/aromatic N) is 4. The normalized spacial score (nSPS) is 10.5. The molecule has 0 fully saturated rings. The monoisotopic (exact) mass is 285 g/mol. The lowest BCUT2D eigenvalue weighted by Gasteiger charge is -2.01. The molecule has 2 N–H and O–H groups in total. The van der Waals surface area contributed by atoms with Crippen LogP contribution in [-0.2, 0) is 18.4 Å². The lowest BCUT2D eigenvalue weighted by Crippen LogP contribution is -2.05. The molecule has 0 atom stereocenters. The summed E-state index contributed by atoms with van der Waals surface area (Å²) in [7, 11) is 1.87. The molecule has 7 nitrogen and oxygen atoms in total. The van der Waals surface area contributed by atoms with E-state index in [0.29, 0.717) is 16.0 Å². The highest BCUT2D eigenvalue weighted by molar-refractivity contribution is 8.01. The Morgan fingerprint density at radius 1 is 1.61 bits per heavy atom. The van der Waals surface area contributed by atoms with E-state index >= 15 is 0 Å². The van der Waals surface area contributed by atoms with Gasteiger partial charge in [-0.05, 0) is 6.07 Å². The van der Waals surface area contributed by atoms with Gasteiger partial charge in [0, 0.05) is 13.2 Å². The third kappa shape index (κ3) is 3.44. The predicted octanol–water partition coefficient (Wildman–Crippen LogP) is 1.06. The number of aromatic nitrogens is 4. The molecule has 0 aromatic carbocycles. The number of aliphatic carboxylic acids is 1. The molecular formula is C9H11N5O2S2. The highest BCUT2D eigenvalue weighted by atomic mass is 32.2. The smallest absolute Gasteiger partial charge is 0.313 e. The topological polar surface area (TPSA) is 92.9 Å². The third-order valence-corrected chi connectivity index (χ3v) is 4.07. The highest BCUT2D eigenvalue weighted by Crippen LogP contribution is 2.25. The van der Waals surface area contributed by atoms with Crippen LogP contribution in [0.25, 0.3) is 0 Å². The summed E-state index contributed by atoms with van der Waals surface area (Å²) in [6, 6.07) is 1.91. The van der Waals surface area contributed by atoms with Gasteiger partial charge in [0.15, 0.2) is 4.34 Å². The van der Waals surface area contributed by atoms with Gasteiger partial charge in [0.2, 0.25) is 5.13 Å². The molecule has 0 bridgehead atoms. The summed E-state index contributed by atoms with van der Waals surface area (Å²) < 4.78 is 2.42. The van der Waals surface area contributed by atoms with Crippen molar-refractivity contribution < 1.29 is 9.90 Å². The maximum atomic E-state index is 10.4. The van der Waals surface area contributed by atoms with Crippen molar-refractivity contribution in [3.05, 3.63) is 18.0 Å². The van der Waals surface area contributed by atoms with Gasteiger partial charge in [-0.3, -0.25) is 9.48 Å². The van der Waals surface area contributed by atoms with Crippen LogP contribution < -0.4 is 5.32 Å². The Labute approximate surface area is 111 Å². The maximum absolute atomic E-state index is 10.4. The maximum Gasteiger partial charge on any atom is 0.313 e. The van der Waals surface area contributed by atoms with E-state index in [0.717, 1.165) is 17.5 Å². The Balaban J connectivity index is 1.87.